The highest BCUT2D eigenvalue weighted by molar-refractivity contribution is 6.58. The fourth-order valence-corrected chi connectivity index (χ4v) is 14.7. The summed E-state index contributed by atoms with van der Waals surface area (Å²) in [4.78, 5) is 107. The van der Waals surface area contributed by atoms with Gasteiger partial charge in [-0.15, -0.1) is 0 Å². The van der Waals surface area contributed by atoms with E-state index in [4.69, 9.17) is 78.5 Å². The molecule has 4 saturated heterocycles. The van der Waals surface area contributed by atoms with Crippen molar-refractivity contribution in [1.29, 1.82) is 0 Å². The van der Waals surface area contributed by atoms with Gasteiger partial charge in [0.2, 0.25) is 11.8 Å². The summed E-state index contributed by atoms with van der Waals surface area (Å²) in [6.07, 6.45) is 1.88. The van der Waals surface area contributed by atoms with E-state index in [-0.39, 0.29) is 42.5 Å². The second kappa shape index (κ2) is 38.7. The molecule has 8 bridgehead atoms. The first-order valence-corrected chi connectivity index (χ1v) is 39.6. The third-order valence-corrected chi connectivity index (χ3v) is 21.5. The molecule has 6 aliphatic heterocycles. The number of esters is 2. The Morgan fingerprint density at radius 2 is 0.975 bits per heavy atom. The summed E-state index contributed by atoms with van der Waals surface area (Å²) in [6, 6.07) is 20.7. The van der Waals surface area contributed by atoms with Crippen molar-refractivity contribution in [1.82, 2.24) is 10.6 Å². The van der Waals surface area contributed by atoms with E-state index in [1.54, 1.807) is 153 Å². The number of carbonyl (C=O) groups excluding carboxylic acids is 8. The first-order valence-electron chi connectivity index (χ1n) is 39.2. The monoisotopic (exact) mass is 1660 g/mol. The fourth-order valence-electron chi connectivity index (χ4n) is 14.4. The number of alkyl carbamates (subject to hydrolysis) is 2. The Morgan fingerprint density at radius 3 is 1.35 bits per heavy atom. The molecule has 14 atom stereocenters. The van der Waals surface area contributed by atoms with Crippen LogP contribution in [0.4, 0.5) is 41.9 Å². The molecule has 0 unspecified atom stereocenters. The minimum atomic E-state index is -1.81. The van der Waals surface area contributed by atoms with E-state index in [2.05, 4.69) is 21.3 Å². The molecule has 30 nitrogen and oxygen atoms in total. The minimum Gasteiger partial charge on any atom is -0.496 e. The van der Waals surface area contributed by atoms with E-state index < -0.39 is 150 Å². The van der Waals surface area contributed by atoms with Gasteiger partial charge >= 0.3 is 43.4 Å². The highest BCUT2D eigenvalue weighted by Crippen LogP contribution is 2.52. The second-order valence-corrected chi connectivity index (χ2v) is 34.0. The third kappa shape index (κ3) is 23.9. The Labute approximate surface area is 695 Å². The number of methoxy groups -OCH3 is 4. The number of allylic oxidation sites excluding steroid dienone is 6. The lowest BCUT2D eigenvalue weighted by molar-refractivity contribution is -0.158. The molecule has 8 N–H and O–H groups in total. The Bertz CT molecular complexity index is 4430. The van der Waals surface area contributed by atoms with E-state index in [0.717, 1.165) is 22.3 Å². The van der Waals surface area contributed by atoms with Gasteiger partial charge in [0, 0.05) is 69.9 Å². The summed E-state index contributed by atoms with van der Waals surface area (Å²) in [5.41, 5.74) is 0.322. The molecule has 6 aliphatic rings. The van der Waals surface area contributed by atoms with Gasteiger partial charge in [0.05, 0.1) is 62.5 Å². The van der Waals surface area contributed by atoms with Gasteiger partial charge in [-0.3, -0.25) is 40.4 Å². The van der Waals surface area contributed by atoms with Crippen LogP contribution in [-0.2, 0) is 79.4 Å². The number of aliphatic hydroxyl groups is 2. The van der Waals surface area contributed by atoms with Crippen molar-refractivity contribution >= 4 is 95.1 Å². The largest absolute Gasteiger partial charge is 0.496 e. The van der Waals surface area contributed by atoms with Crippen molar-refractivity contribution in [3.8, 4) is 22.6 Å². The van der Waals surface area contributed by atoms with E-state index in [1.807, 2.05) is 76.2 Å². The number of carbonyl (C=O) groups is 8. The number of amides is 6. The Hall–Kier alpha value is -9.57. The van der Waals surface area contributed by atoms with Crippen LogP contribution in [0.15, 0.2) is 120 Å². The second-order valence-electron chi connectivity index (χ2n) is 33.6. The molecule has 6 amide bonds. The van der Waals surface area contributed by atoms with Crippen molar-refractivity contribution < 1.29 is 115 Å². The number of hydrogen-bond acceptors (Lipinski definition) is 24. The lowest BCUT2D eigenvalue weighted by Gasteiger charge is -2.42. The zero-order valence-corrected chi connectivity index (χ0v) is 72.1. The zero-order valence-electron chi connectivity index (χ0n) is 71.4. The normalized spacial score (nSPS) is 28.8. The molecule has 10 rings (SSSR count). The molecule has 0 saturated carbocycles. The fraction of sp³-hybridized carbons (Fsp3) is 0.535. The minimum absolute atomic E-state index is 0.00361. The van der Waals surface area contributed by atoms with Crippen LogP contribution in [0.5, 0.6) is 11.5 Å². The average molecular weight is 1660 g/mol. The maximum absolute atomic E-state index is 14.5. The quantitative estimate of drug-likeness (QED) is 0.0283. The van der Waals surface area contributed by atoms with Crippen LogP contribution in [-0.4, -0.2) is 201 Å². The number of anilines is 4. The van der Waals surface area contributed by atoms with Gasteiger partial charge in [-0.2, -0.15) is 0 Å². The number of nitrogens with zero attached hydrogens (tertiary/aromatic N) is 2. The molecular formula is C86H116BClN6O24. The van der Waals surface area contributed by atoms with Gasteiger partial charge in [0.25, 0.3) is 0 Å². The summed E-state index contributed by atoms with van der Waals surface area (Å²) in [5.74, 6) is -2.62. The van der Waals surface area contributed by atoms with E-state index >= 15 is 0 Å². The Morgan fingerprint density at radius 1 is 0.593 bits per heavy atom. The molecule has 32 heteroatoms. The van der Waals surface area contributed by atoms with Crippen LogP contribution in [0.2, 0.25) is 5.02 Å². The Kier molecular flexibility index (Phi) is 30.8. The molecule has 4 aromatic carbocycles. The van der Waals surface area contributed by atoms with Crippen LogP contribution in [0.1, 0.15) is 148 Å². The summed E-state index contributed by atoms with van der Waals surface area (Å²) in [6.45, 7) is 28.6. The van der Waals surface area contributed by atoms with E-state index in [0.29, 0.717) is 63.7 Å². The van der Waals surface area contributed by atoms with Crippen LogP contribution < -0.4 is 46.0 Å². The van der Waals surface area contributed by atoms with Gasteiger partial charge in [0.15, 0.2) is 11.4 Å². The summed E-state index contributed by atoms with van der Waals surface area (Å²) < 4.78 is 68.9. The van der Waals surface area contributed by atoms with Gasteiger partial charge < -0.3 is 86.9 Å². The standard InChI is InChI=1S/C43H57N3O11.C32H43ClN2O9.C11H16BNO4/c1-24(2)38(48)55-34-22-35(47)46(9)30-20-27(21-31(52-10)36(30)28-15-17-29(18-16-28)44-39(49)57-41(5,6)7)19-25(3)13-12-14-33(53-11)43(51)23-32(54-40(50)45-43)26(4)37-42(34,8)56-37;1-17(2)29(37)43-25-15-26(36)35(6)21-13-20(14-22(40-7)27(21)33)12-18(3)10-9-11-24(41-8)32(39)16-23(42-30(38)34-32)19(4)28-31(25,5)44-28;1-11(2,3)17-10(14)13-9-6-4-8(5-7-9)12(15)16/h12-18,20-21,24,26,32-34,37,51H,19,22-23H2,1-11H3,(H,44,49)(H,45,50);9-11,13-14,17,19,23-25,28,39H,12,15-16H2,1-8H3,(H,34,38);4-7,15-16H,1-3H3,(H,13,14)/b14-12+,25-13+;11-9+,18-10+;/t26-,32+,33-,34+,37+,42+,43+;19-,23+,24-,25+,28+,31+,32+;/m11./s1. The zero-order chi connectivity index (χ0) is 87.6. The lowest BCUT2D eigenvalue weighted by atomic mass is 9.80. The smallest absolute Gasteiger partial charge is 0.488 e. The number of hydrogen-bond donors (Lipinski definition) is 8. The SMILES string of the molecule is CC(C)(C)OC(=O)Nc1ccc(B(O)O)cc1.COc1cc2cc(c1-c1ccc(NC(=O)OC(C)(C)C)cc1)N(C)C(=O)C[C@H](OC(=O)C(C)C)[C@]1(C)O[C@H]1[C@H](C)[C@@H]1C[C@@](O)(NC(=O)O1)[C@H](OC)/C=C/C=C(\C)C2.COc1cc2cc(c1Cl)N(C)C(=O)C[C@H](OC(=O)C(C)C)[C@]1(C)O[C@H]1[C@H](C)[C@@H]1C[C@@](O)(NC(=O)O1)[C@H](OC)/C=C/C=C(\C)C2. The maximum Gasteiger partial charge on any atom is 0.488 e. The first kappa shape index (κ1) is 93.9. The number of benzene rings is 4. The number of fused-ring (bicyclic) bond motifs is 10. The number of nitrogens with one attached hydrogen (secondary N) is 4. The molecule has 118 heavy (non-hydrogen) atoms. The average Bonchev–Trinajstić information content (AvgIpc) is 1.57. The molecule has 0 aliphatic carbocycles. The van der Waals surface area contributed by atoms with Crippen LogP contribution >= 0.6 is 11.6 Å². The number of epoxide rings is 2. The molecule has 0 spiro atoms. The maximum atomic E-state index is 14.5. The molecule has 644 valence electrons. The number of halogens is 1. The van der Waals surface area contributed by atoms with Crippen LogP contribution in [0.3, 0.4) is 0 Å². The molecule has 6 heterocycles. The summed E-state index contributed by atoms with van der Waals surface area (Å²) >= 11 is 6.68. The summed E-state index contributed by atoms with van der Waals surface area (Å²) in [5, 5.41) is 51.7. The van der Waals surface area contributed by atoms with Crippen molar-refractivity contribution in [2.75, 3.05) is 63.0 Å². The number of ether oxygens (including phenoxy) is 12. The Balaban J connectivity index is 0.000000250. The van der Waals surface area contributed by atoms with Crippen molar-refractivity contribution in [3.05, 3.63) is 137 Å². The van der Waals surface area contributed by atoms with E-state index in [9.17, 15) is 48.6 Å². The van der Waals surface area contributed by atoms with Crippen LogP contribution in [0.25, 0.3) is 11.1 Å². The van der Waals surface area contributed by atoms with Crippen molar-refractivity contribution in [2.24, 2.45) is 23.7 Å². The predicted molar refractivity (Wildman–Crippen MR) is 444 cm³/mol. The molecular weight excluding hydrogens is 1550 g/mol. The van der Waals surface area contributed by atoms with Gasteiger partial charge in [0.1, 0.15) is 75.5 Å². The highest BCUT2D eigenvalue weighted by Gasteiger charge is 2.66. The van der Waals surface area contributed by atoms with Crippen LogP contribution in [0, 0.1) is 23.7 Å². The molecule has 4 fully saturated rings. The number of rotatable bonds is 12. The van der Waals surface area contributed by atoms with Gasteiger partial charge in [-0.25, -0.2) is 19.2 Å². The van der Waals surface area contributed by atoms with E-state index in [1.165, 1.54) is 43.3 Å². The van der Waals surface area contributed by atoms with Gasteiger partial charge in [-0.05, 0) is 153 Å². The molecule has 0 radical (unpaired) electrons. The lowest BCUT2D eigenvalue weighted by Crippen LogP contribution is -2.63. The topological polar surface area (TPSA) is 389 Å². The van der Waals surface area contributed by atoms with Crippen molar-refractivity contribution in [2.45, 2.75) is 232 Å². The third-order valence-electron chi connectivity index (χ3n) is 21.1. The predicted octanol–water partition coefficient (Wildman–Crippen LogP) is 11.7. The summed E-state index contributed by atoms with van der Waals surface area (Å²) in [7, 11) is 7.72. The molecule has 4 aromatic rings. The first-order chi connectivity index (χ1) is 55.1. The van der Waals surface area contributed by atoms with Gasteiger partial charge in [-0.1, -0.05) is 125 Å². The molecule has 0 aromatic heterocycles. The highest BCUT2D eigenvalue weighted by atomic mass is 35.5. The van der Waals surface area contributed by atoms with Crippen molar-refractivity contribution in [3.63, 3.8) is 0 Å².